The van der Waals surface area contributed by atoms with Gasteiger partial charge in [-0.3, -0.25) is 4.79 Å². The van der Waals surface area contributed by atoms with Crippen LogP contribution >= 0.6 is 23.5 Å². The van der Waals surface area contributed by atoms with Crippen LogP contribution in [-0.2, 0) is 4.79 Å². The summed E-state index contributed by atoms with van der Waals surface area (Å²) >= 11 is 3.92. The molecule has 288 valence electrons. The first-order valence-corrected chi connectivity index (χ1v) is 22.9. The molecule has 0 spiro atoms. The molecule has 0 radical (unpaired) electrons. The van der Waals surface area contributed by atoms with Crippen molar-refractivity contribution in [3.63, 3.8) is 0 Å². The van der Waals surface area contributed by atoms with Gasteiger partial charge in [-0.1, -0.05) is 168 Å². The summed E-state index contributed by atoms with van der Waals surface area (Å²) in [4.78, 5) is 12.5. The Morgan fingerprint density at radius 3 is 1.23 bits per heavy atom. The van der Waals surface area contributed by atoms with Crippen molar-refractivity contribution in [2.45, 2.75) is 228 Å². The summed E-state index contributed by atoms with van der Waals surface area (Å²) in [5, 5.41) is 45.3. The van der Waals surface area contributed by atoms with E-state index in [9.17, 15) is 25.2 Å². The summed E-state index contributed by atoms with van der Waals surface area (Å²) in [7, 11) is 0. The van der Waals surface area contributed by atoms with Gasteiger partial charge in [-0.05, 0) is 38.2 Å². The lowest BCUT2D eigenvalue weighted by Crippen LogP contribution is -2.53. The number of hydrogen-bond donors (Lipinski definition) is 5. The van der Waals surface area contributed by atoms with Crippen LogP contribution in [0.3, 0.4) is 0 Å². The zero-order valence-corrected chi connectivity index (χ0v) is 33.6. The Labute approximate surface area is 306 Å². The van der Waals surface area contributed by atoms with Gasteiger partial charge in [0, 0.05) is 10.5 Å². The summed E-state index contributed by atoms with van der Waals surface area (Å²) < 4.78 is 0. The lowest BCUT2D eigenvalue weighted by atomic mass is 9.98. The molecule has 0 bridgehead atoms. The maximum atomic E-state index is 12.5. The molecule has 0 aromatic heterocycles. The third kappa shape index (κ3) is 26.8. The Morgan fingerprint density at radius 2 is 0.854 bits per heavy atom. The van der Waals surface area contributed by atoms with E-state index in [0.717, 1.165) is 38.5 Å². The molecule has 48 heavy (non-hydrogen) atoms. The van der Waals surface area contributed by atoms with Crippen molar-refractivity contribution in [1.29, 1.82) is 0 Å². The molecule has 0 aliphatic rings. The van der Waals surface area contributed by atoms with Gasteiger partial charge in [-0.25, -0.2) is 0 Å². The van der Waals surface area contributed by atoms with Gasteiger partial charge in [0.15, 0.2) is 0 Å². The smallest absolute Gasteiger partial charge is 0.249 e. The number of aliphatic hydroxyl groups excluding tert-OH is 4. The highest BCUT2D eigenvalue weighted by molar-refractivity contribution is 8.03. The van der Waals surface area contributed by atoms with Gasteiger partial charge in [0.05, 0.1) is 18.8 Å². The van der Waals surface area contributed by atoms with Crippen LogP contribution in [0.15, 0.2) is 0 Å². The molecule has 0 aliphatic carbocycles. The average molecular weight is 720 g/mol. The molecule has 1 amide bonds. The number of rotatable bonds is 37. The number of carbonyl (C=O) groups excluding carboxylic acids is 1. The van der Waals surface area contributed by atoms with Crippen LogP contribution in [0.25, 0.3) is 0 Å². The molecule has 2 unspecified atom stereocenters. The summed E-state index contributed by atoms with van der Waals surface area (Å²) in [6.07, 6.45) is 34.1. The molecule has 6 atom stereocenters. The molecule has 6 nitrogen and oxygen atoms in total. The van der Waals surface area contributed by atoms with Gasteiger partial charge >= 0.3 is 0 Å². The van der Waals surface area contributed by atoms with E-state index in [0.29, 0.717) is 23.3 Å². The SMILES string of the molecule is CCCCCCCCCCCCCC[C@@H](O)C(=O)N[C@@H](CO)[C@H](O)[C@H](O)CCCCC(SC)C(CCCCCCCCCCCC)SC. The lowest BCUT2D eigenvalue weighted by Gasteiger charge is -2.27. The Bertz CT molecular complexity index is 688. The quantitative estimate of drug-likeness (QED) is 0.0407. The Balaban J connectivity index is 4.16. The second-order valence-corrected chi connectivity index (χ2v) is 16.5. The number of carbonyl (C=O) groups is 1. The van der Waals surface area contributed by atoms with Crippen LogP contribution in [0.5, 0.6) is 0 Å². The first-order chi connectivity index (χ1) is 23.4. The van der Waals surface area contributed by atoms with E-state index >= 15 is 0 Å². The molecule has 5 N–H and O–H groups in total. The van der Waals surface area contributed by atoms with E-state index in [1.54, 1.807) is 0 Å². The minimum Gasteiger partial charge on any atom is -0.394 e. The number of aliphatic hydroxyl groups is 4. The first kappa shape index (κ1) is 48.0. The van der Waals surface area contributed by atoms with Crippen molar-refractivity contribution in [3.05, 3.63) is 0 Å². The fourth-order valence-electron chi connectivity index (χ4n) is 6.71. The van der Waals surface area contributed by atoms with E-state index in [1.165, 1.54) is 128 Å². The molecular formula is C40H81NO5S2. The molecule has 0 saturated heterocycles. The second kappa shape index (κ2) is 35.4. The summed E-state index contributed by atoms with van der Waals surface area (Å²) in [6, 6.07) is -0.995. The number of thioether (sulfide) groups is 2. The maximum Gasteiger partial charge on any atom is 0.249 e. The summed E-state index contributed by atoms with van der Waals surface area (Å²) in [5.41, 5.74) is 0. The van der Waals surface area contributed by atoms with Gasteiger partial charge in [0.25, 0.3) is 0 Å². The van der Waals surface area contributed by atoms with Crippen molar-refractivity contribution in [3.8, 4) is 0 Å². The van der Waals surface area contributed by atoms with E-state index in [4.69, 9.17) is 0 Å². The van der Waals surface area contributed by atoms with Crippen molar-refractivity contribution in [2.75, 3.05) is 19.1 Å². The predicted octanol–water partition coefficient (Wildman–Crippen LogP) is 9.97. The van der Waals surface area contributed by atoms with Crippen LogP contribution in [0, 0.1) is 0 Å². The molecule has 0 saturated carbocycles. The highest BCUT2D eigenvalue weighted by atomic mass is 32.2. The number of amides is 1. The summed E-state index contributed by atoms with van der Waals surface area (Å²) in [5.74, 6) is -0.586. The second-order valence-electron chi connectivity index (χ2n) is 14.4. The van der Waals surface area contributed by atoms with E-state index < -0.39 is 36.9 Å². The molecule has 0 fully saturated rings. The number of hydrogen-bond acceptors (Lipinski definition) is 7. The number of nitrogens with one attached hydrogen (secondary N) is 1. The van der Waals surface area contributed by atoms with Crippen LogP contribution in [-0.4, -0.2) is 80.3 Å². The van der Waals surface area contributed by atoms with Crippen molar-refractivity contribution in [2.24, 2.45) is 0 Å². The Morgan fingerprint density at radius 1 is 0.521 bits per heavy atom. The van der Waals surface area contributed by atoms with Gasteiger partial charge < -0.3 is 25.7 Å². The molecule has 8 heteroatoms. The predicted molar refractivity (Wildman–Crippen MR) is 212 cm³/mol. The zero-order chi connectivity index (χ0) is 35.7. The van der Waals surface area contributed by atoms with Crippen molar-refractivity contribution in [1.82, 2.24) is 5.32 Å². The first-order valence-electron chi connectivity index (χ1n) is 20.4. The Hall–Kier alpha value is 0.01000. The molecule has 0 aliphatic heterocycles. The highest BCUT2D eigenvalue weighted by Crippen LogP contribution is 2.30. The average Bonchev–Trinajstić information content (AvgIpc) is 3.09. The normalized spacial score (nSPS) is 15.6. The van der Waals surface area contributed by atoms with E-state index in [-0.39, 0.29) is 0 Å². The van der Waals surface area contributed by atoms with Gasteiger partial charge in [0.1, 0.15) is 12.2 Å². The third-order valence-electron chi connectivity index (χ3n) is 10.1. The van der Waals surface area contributed by atoms with E-state index in [1.807, 2.05) is 23.5 Å². The topological polar surface area (TPSA) is 110 Å². The minimum atomic E-state index is -1.27. The largest absolute Gasteiger partial charge is 0.394 e. The fourth-order valence-corrected chi connectivity index (χ4v) is 9.06. The van der Waals surface area contributed by atoms with Crippen LogP contribution in [0.1, 0.15) is 194 Å². The molecule has 0 aromatic rings. The maximum absolute atomic E-state index is 12.5. The van der Waals surface area contributed by atoms with E-state index in [2.05, 4.69) is 31.7 Å². The van der Waals surface area contributed by atoms with Crippen LogP contribution in [0.4, 0.5) is 0 Å². The Kier molecular flexibility index (Phi) is 35.4. The lowest BCUT2D eigenvalue weighted by molar-refractivity contribution is -0.132. The molecule has 0 aromatic carbocycles. The van der Waals surface area contributed by atoms with Gasteiger partial charge in [-0.15, -0.1) is 0 Å². The summed E-state index contributed by atoms with van der Waals surface area (Å²) in [6.45, 7) is 4.03. The third-order valence-corrected chi connectivity index (χ3v) is 12.6. The van der Waals surface area contributed by atoms with Crippen LogP contribution < -0.4 is 5.32 Å². The van der Waals surface area contributed by atoms with Gasteiger partial charge in [0.2, 0.25) is 5.91 Å². The van der Waals surface area contributed by atoms with Crippen molar-refractivity contribution < 1.29 is 25.2 Å². The molecule has 0 rings (SSSR count). The minimum absolute atomic E-state index is 0.368. The molecular weight excluding hydrogens is 639 g/mol. The fraction of sp³-hybridized carbons (Fsp3) is 0.975. The monoisotopic (exact) mass is 720 g/mol. The molecule has 0 heterocycles. The van der Waals surface area contributed by atoms with Gasteiger partial charge in [-0.2, -0.15) is 23.5 Å². The van der Waals surface area contributed by atoms with Crippen molar-refractivity contribution >= 4 is 29.4 Å². The highest BCUT2D eigenvalue weighted by Gasteiger charge is 2.29. The van der Waals surface area contributed by atoms with Crippen LogP contribution in [0.2, 0.25) is 0 Å². The standard InChI is InChI=1S/C40H81NO5S2/c1-5-7-9-11-13-15-17-18-19-21-23-25-30-36(44)40(46)41-34(33-42)39(45)35(43)29-27-28-32-38(48-4)37(47-3)31-26-24-22-20-16-14-12-10-8-6-2/h34-39,42-45H,5-33H2,1-4H3,(H,41,46)/t34-,35+,36+,37?,38?,39-/m0/s1. The zero-order valence-electron chi connectivity index (χ0n) is 32.0. The number of unbranched alkanes of at least 4 members (excludes halogenated alkanes) is 21.